The fraction of sp³-hybridized carbons (Fsp3) is 0.312. The van der Waals surface area contributed by atoms with Gasteiger partial charge in [-0.25, -0.2) is 9.67 Å². The van der Waals surface area contributed by atoms with Crippen molar-refractivity contribution in [2.75, 3.05) is 6.54 Å². The molecule has 0 aliphatic carbocycles. The van der Waals surface area contributed by atoms with E-state index in [9.17, 15) is 4.79 Å². The molecule has 7 heteroatoms. The second-order valence-electron chi connectivity index (χ2n) is 5.79. The number of rotatable bonds is 2. The number of aryl methyl sites for hydroxylation is 1. The second-order valence-corrected chi connectivity index (χ2v) is 6.23. The maximum atomic E-state index is 12.6. The van der Waals surface area contributed by atoms with Gasteiger partial charge in [0.1, 0.15) is 11.6 Å². The van der Waals surface area contributed by atoms with Gasteiger partial charge in [-0.15, -0.1) is 0 Å². The first-order valence-corrected chi connectivity index (χ1v) is 7.91. The molecular weight excluding hydrogens is 314 g/mol. The van der Waals surface area contributed by atoms with Gasteiger partial charge in [0, 0.05) is 28.7 Å². The molecule has 118 valence electrons. The third-order valence-electron chi connectivity index (χ3n) is 4.19. The first-order valence-electron chi connectivity index (χ1n) is 7.54. The predicted octanol–water partition coefficient (Wildman–Crippen LogP) is 2.31. The molecule has 0 radical (unpaired) electrons. The highest BCUT2D eigenvalue weighted by molar-refractivity contribution is 6.31. The topological polar surface area (TPSA) is 66.8 Å². The van der Waals surface area contributed by atoms with Gasteiger partial charge in [0.25, 0.3) is 0 Å². The summed E-state index contributed by atoms with van der Waals surface area (Å²) in [5, 5.41) is 5.99. The van der Waals surface area contributed by atoms with Crippen LogP contribution in [0.3, 0.4) is 0 Å². The van der Waals surface area contributed by atoms with Crippen LogP contribution in [0.25, 0.3) is 10.9 Å². The van der Waals surface area contributed by atoms with E-state index < -0.39 is 0 Å². The molecule has 3 aromatic rings. The van der Waals surface area contributed by atoms with E-state index in [-0.39, 0.29) is 5.91 Å². The van der Waals surface area contributed by atoms with Gasteiger partial charge in [-0.2, -0.15) is 5.10 Å². The van der Waals surface area contributed by atoms with Crippen LogP contribution in [0.5, 0.6) is 0 Å². The third-order valence-corrected chi connectivity index (χ3v) is 4.43. The minimum Gasteiger partial charge on any atom is -0.361 e. The number of amides is 1. The summed E-state index contributed by atoms with van der Waals surface area (Å²) in [5.41, 5.74) is 1.96. The van der Waals surface area contributed by atoms with Gasteiger partial charge in [-0.05, 0) is 30.7 Å². The number of aromatic amines is 1. The van der Waals surface area contributed by atoms with E-state index >= 15 is 0 Å². The lowest BCUT2D eigenvalue weighted by Crippen LogP contribution is -2.39. The van der Waals surface area contributed by atoms with Gasteiger partial charge in [0.05, 0.1) is 19.5 Å². The number of nitrogens with one attached hydrogen (secondary N) is 1. The lowest BCUT2D eigenvalue weighted by atomic mass is 10.1. The van der Waals surface area contributed by atoms with Gasteiger partial charge in [0.15, 0.2) is 0 Å². The molecule has 0 spiro atoms. The second kappa shape index (κ2) is 5.38. The molecule has 1 aromatic carbocycles. The summed E-state index contributed by atoms with van der Waals surface area (Å²) in [7, 11) is 0. The van der Waals surface area contributed by atoms with Crippen LogP contribution < -0.4 is 0 Å². The molecule has 1 aliphatic rings. The lowest BCUT2D eigenvalue weighted by molar-refractivity contribution is -0.132. The van der Waals surface area contributed by atoms with Gasteiger partial charge in [0.2, 0.25) is 5.91 Å². The number of halogens is 1. The Morgan fingerprint density at radius 2 is 2.26 bits per heavy atom. The van der Waals surface area contributed by atoms with E-state index in [2.05, 4.69) is 15.1 Å². The molecular formula is C16H16ClN5O. The zero-order valence-corrected chi connectivity index (χ0v) is 13.5. The molecule has 3 heterocycles. The van der Waals surface area contributed by atoms with Crippen LogP contribution in [-0.2, 0) is 24.3 Å². The van der Waals surface area contributed by atoms with Crippen molar-refractivity contribution in [2.24, 2.45) is 0 Å². The monoisotopic (exact) mass is 329 g/mol. The standard InChI is InChI=1S/C16H16ClN5O/c1-10-19-15-9-21(4-5-22(15)20-10)16(23)6-11-8-18-14-3-2-12(17)7-13(11)14/h2-3,7-8,18H,4-6,9H2,1H3. The fourth-order valence-corrected chi connectivity index (χ4v) is 3.22. The SMILES string of the molecule is Cc1nc2n(n1)CCN(C(=O)Cc1c[nH]c3ccc(Cl)cc13)C2. The number of nitrogens with zero attached hydrogens (tertiary/aromatic N) is 4. The Morgan fingerprint density at radius 3 is 3.13 bits per heavy atom. The van der Waals surface area contributed by atoms with Gasteiger partial charge < -0.3 is 9.88 Å². The Hall–Kier alpha value is -2.34. The highest BCUT2D eigenvalue weighted by atomic mass is 35.5. The van der Waals surface area contributed by atoms with E-state index in [0.717, 1.165) is 28.1 Å². The van der Waals surface area contributed by atoms with Crippen LogP contribution in [0.15, 0.2) is 24.4 Å². The van der Waals surface area contributed by atoms with Gasteiger partial charge in [-0.3, -0.25) is 4.79 Å². The number of carbonyl (C=O) groups is 1. The number of aromatic nitrogens is 4. The zero-order valence-electron chi connectivity index (χ0n) is 12.7. The molecule has 23 heavy (non-hydrogen) atoms. The number of benzene rings is 1. The highest BCUT2D eigenvalue weighted by Crippen LogP contribution is 2.23. The summed E-state index contributed by atoms with van der Waals surface area (Å²) < 4.78 is 1.88. The van der Waals surface area contributed by atoms with E-state index in [0.29, 0.717) is 31.1 Å². The predicted molar refractivity (Wildman–Crippen MR) is 87.2 cm³/mol. The third kappa shape index (κ3) is 2.59. The molecule has 6 nitrogen and oxygen atoms in total. The summed E-state index contributed by atoms with van der Waals surface area (Å²) in [5.74, 6) is 1.70. The fourth-order valence-electron chi connectivity index (χ4n) is 3.04. The quantitative estimate of drug-likeness (QED) is 0.784. The molecule has 4 rings (SSSR count). The van der Waals surface area contributed by atoms with E-state index in [1.54, 1.807) is 0 Å². The van der Waals surface area contributed by atoms with Crippen molar-refractivity contribution in [2.45, 2.75) is 26.4 Å². The summed E-state index contributed by atoms with van der Waals surface area (Å²) in [6.07, 6.45) is 2.24. The minimum absolute atomic E-state index is 0.0952. The Kier molecular flexibility index (Phi) is 3.34. The molecule has 0 saturated carbocycles. The molecule has 0 saturated heterocycles. The first-order chi connectivity index (χ1) is 11.1. The minimum atomic E-state index is 0.0952. The van der Waals surface area contributed by atoms with E-state index in [4.69, 9.17) is 11.6 Å². The van der Waals surface area contributed by atoms with Crippen molar-refractivity contribution in [1.82, 2.24) is 24.6 Å². The summed E-state index contributed by atoms with van der Waals surface area (Å²) in [4.78, 5) is 22.0. The van der Waals surface area contributed by atoms with Crippen molar-refractivity contribution in [3.05, 3.63) is 46.6 Å². The number of carbonyl (C=O) groups excluding carboxylic acids is 1. The summed E-state index contributed by atoms with van der Waals surface area (Å²) in [6, 6.07) is 5.66. The van der Waals surface area contributed by atoms with Crippen LogP contribution in [-0.4, -0.2) is 37.1 Å². The molecule has 0 bridgehead atoms. The zero-order chi connectivity index (χ0) is 16.0. The Balaban J connectivity index is 1.54. The number of fused-ring (bicyclic) bond motifs is 2. The lowest BCUT2D eigenvalue weighted by Gasteiger charge is -2.26. The molecule has 0 unspecified atom stereocenters. The summed E-state index contributed by atoms with van der Waals surface area (Å²) >= 11 is 6.06. The maximum absolute atomic E-state index is 12.6. The van der Waals surface area contributed by atoms with Crippen molar-refractivity contribution in [1.29, 1.82) is 0 Å². The van der Waals surface area contributed by atoms with Gasteiger partial charge >= 0.3 is 0 Å². The summed E-state index contributed by atoms with van der Waals surface area (Å²) in [6.45, 7) is 3.75. The molecule has 1 amide bonds. The average molecular weight is 330 g/mol. The van der Waals surface area contributed by atoms with Crippen LogP contribution in [0.4, 0.5) is 0 Å². The number of hydrogen-bond donors (Lipinski definition) is 1. The highest BCUT2D eigenvalue weighted by Gasteiger charge is 2.23. The smallest absolute Gasteiger partial charge is 0.227 e. The van der Waals surface area contributed by atoms with Crippen LogP contribution in [0, 0.1) is 6.92 Å². The van der Waals surface area contributed by atoms with E-state index in [1.807, 2.05) is 40.9 Å². The van der Waals surface area contributed by atoms with Crippen LogP contribution in [0.1, 0.15) is 17.2 Å². The normalized spacial score (nSPS) is 14.3. The molecule has 1 aliphatic heterocycles. The first kappa shape index (κ1) is 14.3. The Bertz CT molecular complexity index is 897. The van der Waals surface area contributed by atoms with Crippen molar-refractivity contribution < 1.29 is 4.79 Å². The molecule has 1 N–H and O–H groups in total. The molecule has 0 fully saturated rings. The van der Waals surface area contributed by atoms with Crippen molar-refractivity contribution in [3.8, 4) is 0 Å². The van der Waals surface area contributed by atoms with Crippen LogP contribution in [0.2, 0.25) is 5.02 Å². The maximum Gasteiger partial charge on any atom is 0.227 e. The van der Waals surface area contributed by atoms with Gasteiger partial charge in [-0.1, -0.05) is 11.6 Å². The molecule has 2 aromatic heterocycles. The largest absolute Gasteiger partial charge is 0.361 e. The number of hydrogen-bond acceptors (Lipinski definition) is 3. The van der Waals surface area contributed by atoms with Crippen molar-refractivity contribution >= 4 is 28.4 Å². The number of H-pyrrole nitrogens is 1. The van der Waals surface area contributed by atoms with Crippen molar-refractivity contribution in [3.63, 3.8) is 0 Å². The average Bonchev–Trinajstić information content (AvgIpc) is 3.09. The molecule has 0 atom stereocenters. The van der Waals surface area contributed by atoms with Crippen LogP contribution >= 0.6 is 11.6 Å². The Labute approximate surface area is 138 Å². The van der Waals surface area contributed by atoms with E-state index in [1.165, 1.54) is 0 Å². The Morgan fingerprint density at radius 1 is 1.39 bits per heavy atom.